The molecule has 0 unspecified atom stereocenters. The molecule has 0 amide bonds. The SMILES string of the molecule is c1ccc(-c2nc(-c3cc(-c4ccc(C56CC7CC(CC(C7)C5)C6)cc4)cc4oc5ccccc5c34)nc(-n3c4ccccc4c4ccccc43)n2)cc1. The van der Waals surface area contributed by atoms with Gasteiger partial charge in [-0.25, -0.2) is 4.98 Å². The summed E-state index contributed by atoms with van der Waals surface area (Å²) in [6.07, 6.45) is 8.47. The summed E-state index contributed by atoms with van der Waals surface area (Å²) in [6.45, 7) is 0. The second-order valence-corrected chi connectivity index (χ2v) is 16.3. The lowest BCUT2D eigenvalue weighted by Crippen LogP contribution is -2.48. The highest BCUT2D eigenvalue weighted by Crippen LogP contribution is 2.60. The van der Waals surface area contributed by atoms with Gasteiger partial charge >= 0.3 is 0 Å². The van der Waals surface area contributed by atoms with E-state index < -0.39 is 0 Å². The molecule has 13 rings (SSSR count). The van der Waals surface area contributed by atoms with Crippen molar-refractivity contribution in [3.8, 4) is 39.9 Å². The van der Waals surface area contributed by atoms with Gasteiger partial charge in [0, 0.05) is 32.7 Å². The van der Waals surface area contributed by atoms with Crippen LogP contribution in [0, 0.1) is 17.8 Å². The number of furan rings is 1. The first kappa shape index (κ1) is 30.4. The highest BCUT2D eigenvalue weighted by Gasteiger charge is 2.51. The Morgan fingerprint density at radius 3 is 1.78 bits per heavy atom. The second kappa shape index (κ2) is 11.5. The molecule has 0 saturated heterocycles. The van der Waals surface area contributed by atoms with Gasteiger partial charge in [-0.2, -0.15) is 9.97 Å². The van der Waals surface area contributed by atoms with Gasteiger partial charge in [-0.05, 0) is 109 Å². The van der Waals surface area contributed by atoms with Crippen LogP contribution >= 0.6 is 0 Å². The molecule has 0 radical (unpaired) electrons. The van der Waals surface area contributed by atoms with Crippen molar-refractivity contribution in [1.29, 1.82) is 0 Å². The molecular weight excluding hydrogens is 661 g/mol. The molecule has 0 atom stereocenters. The Labute approximate surface area is 313 Å². The molecule has 0 aliphatic heterocycles. The van der Waals surface area contributed by atoms with E-state index in [1.807, 2.05) is 30.3 Å². The zero-order chi connectivity index (χ0) is 35.4. The Morgan fingerprint density at radius 1 is 0.500 bits per heavy atom. The number of para-hydroxylation sites is 3. The molecule has 260 valence electrons. The smallest absolute Gasteiger partial charge is 0.238 e. The average Bonchev–Trinajstić information content (AvgIpc) is 3.76. The van der Waals surface area contributed by atoms with Gasteiger partial charge < -0.3 is 4.42 Å². The third-order valence-electron chi connectivity index (χ3n) is 13.0. The first-order valence-corrected chi connectivity index (χ1v) is 19.5. The van der Waals surface area contributed by atoms with Crippen molar-refractivity contribution in [2.75, 3.05) is 0 Å². The van der Waals surface area contributed by atoms with Crippen LogP contribution in [-0.4, -0.2) is 19.5 Å². The predicted molar refractivity (Wildman–Crippen MR) is 218 cm³/mol. The van der Waals surface area contributed by atoms with E-state index in [-0.39, 0.29) is 0 Å². The van der Waals surface area contributed by atoms with Crippen LogP contribution in [0.15, 0.2) is 144 Å². The van der Waals surface area contributed by atoms with Gasteiger partial charge in [-0.15, -0.1) is 0 Å². The fourth-order valence-electron chi connectivity index (χ4n) is 11.1. The maximum absolute atomic E-state index is 6.62. The van der Waals surface area contributed by atoms with Crippen LogP contribution in [0.5, 0.6) is 0 Å². The second-order valence-electron chi connectivity index (χ2n) is 16.3. The number of rotatable bonds is 5. The van der Waals surface area contributed by atoms with Gasteiger partial charge in [0.1, 0.15) is 11.2 Å². The van der Waals surface area contributed by atoms with Crippen LogP contribution in [0.2, 0.25) is 0 Å². The van der Waals surface area contributed by atoms with Gasteiger partial charge in [0.15, 0.2) is 11.6 Å². The molecule has 0 spiro atoms. The summed E-state index contributed by atoms with van der Waals surface area (Å²) >= 11 is 0. The lowest BCUT2D eigenvalue weighted by atomic mass is 9.48. The highest BCUT2D eigenvalue weighted by atomic mass is 16.3. The van der Waals surface area contributed by atoms with Crippen molar-refractivity contribution < 1.29 is 4.42 Å². The summed E-state index contributed by atoms with van der Waals surface area (Å²) in [5.41, 5.74) is 9.83. The molecule has 54 heavy (non-hydrogen) atoms. The Bertz CT molecular complexity index is 2830. The number of aromatic nitrogens is 4. The van der Waals surface area contributed by atoms with Crippen molar-refractivity contribution in [2.24, 2.45) is 17.8 Å². The van der Waals surface area contributed by atoms with Crippen molar-refractivity contribution in [3.63, 3.8) is 0 Å². The third kappa shape index (κ3) is 4.60. The van der Waals surface area contributed by atoms with E-state index >= 15 is 0 Å². The van der Waals surface area contributed by atoms with Crippen molar-refractivity contribution in [1.82, 2.24) is 19.5 Å². The lowest BCUT2D eigenvalue weighted by Gasteiger charge is -2.57. The molecule has 3 aromatic heterocycles. The monoisotopic (exact) mass is 698 g/mol. The summed E-state index contributed by atoms with van der Waals surface area (Å²) in [5.74, 6) is 4.59. The number of hydrogen-bond acceptors (Lipinski definition) is 4. The fraction of sp³-hybridized carbons (Fsp3) is 0.204. The summed E-state index contributed by atoms with van der Waals surface area (Å²) in [5, 5.41) is 4.39. The standard InChI is InChI=1S/C49H38N4O/c1-2-10-34(11-3-1)46-50-47(52-48(51-46)53-41-15-7-4-12-37(41)38-13-5-8-16-42(38)53)40-25-35(26-44-45(40)39-14-6-9-17-43(39)54-44)33-18-20-36(21-19-33)49-27-30-22-31(28-49)24-32(23-30)29-49/h1-21,25-26,30-32H,22-24,27-29H2. The van der Waals surface area contributed by atoms with Crippen LogP contribution in [0.1, 0.15) is 44.1 Å². The first-order valence-electron chi connectivity index (χ1n) is 19.5. The molecule has 4 aliphatic carbocycles. The fourth-order valence-corrected chi connectivity index (χ4v) is 11.1. The average molecular weight is 699 g/mol. The van der Waals surface area contributed by atoms with Crippen molar-refractivity contribution >= 4 is 43.7 Å². The molecule has 4 bridgehead atoms. The Morgan fingerprint density at radius 2 is 1.09 bits per heavy atom. The Kier molecular flexibility index (Phi) is 6.45. The lowest BCUT2D eigenvalue weighted by molar-refractivity contribution is -0.00518. The Hall–Kier alpha value is -6.07. The summed E-state index contributed by atoms with van der Waals surface area (Å²) in [6, 6.07) is 49.5. The van der Waals surface area contributed by atoms with E-state index in [9.17, 15) is 0 Å². The first-order chi connectivity index (χ1) is 26.7. The molecule has 6 aromatic carbocycles. The summed E-state index contributed by atoms with van der Waals surface area (Å²) in [4.78, 5) is 15.8. The molecular formula is C49H38N4O. The number of nitrogens with zero attached hydrogens (tertiary/aromatic N) is 4. The van der Waals surface area contributed by atoms with E-state index in [1.165, 1.54) is 60.4 Å². The van der Waals surface area contributed by atoms with Gasteiger partial charge in [-0.1, -0.05) is 109 Å². The van der Waals surface area contributed by atoms with Crippen LogP contribution < -0.4 is 0 Å². The number of benzene rings is 6. The van der Waals surface area contributed by atoms with Crippen LogP contribution in [0.25, 0.3) is 83.6 Å². The molecule has 0 N–H and O–H groups in total. The van der Waals surface area contributed by atoms with Gasteiger partial charge in [0.25, 0.3) is 0 Å². The maximum Gasteiger partial charge on any atom is 0.238 e. The molecule has 4 aliphatic rings. The topological polar surface area (TPSA) is 56.7 Å². The van der Waals surface area contributed by atoms with E-state index in [2.05, 4.69) is 114 Å². The summed E-state index contributed by atoms with van der Waals surface area (Å²) < 4.78 is 8.80. The normalized spacial score (nSPS) is 21.9. The van der Waals surface area contributed by atoms with Crippen molar-refractivity contribution in [3.05, 3.63) is 145 Å². The molecule has 3 heterocycles. The van der Waals surface area contributed by atoms with Gasteiger partial charge in [0.05, 0.1) is 11.0 Å². The minimum atomic E-state index is 0.364. The maximum atomic E-state index is 6.62. The highest BCUT2D eigenvalue weighted by molar-refractivity contribution is 6.13. The zero-order valence-corrected chi connectivity index (χ0v) is 30.0. The van der Waals surface area contributed by atoms with Gasteiger partial charge in [-0.3, -0.25) is 4.57 Å². The van der Waals surface area contributed by atoms with Crippen molar-refractivity contribution in [2.45, 2.75) is 43.9 Å². The minimum absolute atomic E-state index is 0.364. The molecule has 4 fully saturated rings. The zero-order valence-electron chi connectivity index (χ0n) is 30.0. The van der Waals surface area contributed by atoms with E-state index in [4.69, 9.17) is 19.4 Å². The molecule has 5 nitrogen and oxygen atoms in total. The predicted octanol–water partition coefficient (Wildman–Crippen LogP) is 12.3. The number of fused-ring (bicyclic) bond motifs is 6. The van der Waals surface area contributed by atoms with Gasteiger partial charge in [0.2, 0.25) is 5.95 Å². The molecule has 5 heteroatoms. The largest absolute Gasteiger partial charge is 0.456 e. The van der Waals surface area contributed by atoms with Crippen LogP contribution in [0.4, 0.5) is 0 Å². The van der Waals surface area contributed by atoms with Crippen LogP contribution in [-0.2, 0) is 5.41 Å². The van der Waals surface area contributed by atoms with E-state index in [0.29, 0.717) is 23.0 Å². The van der Waals surface area contributed by atoms with Crippen LogP contribution in [0.3, 0.4) is 0 Å². The number of hydrogen-bond donors (Lipinski definition) is 0. The minimum Gasteiger partial charge on any atom is -0.456 e. The quantitative estimate of drug-likeness (QED) is 0.180. The summed E-state index contributed by atoms with van der Waals surface area (Å²) in [7, 11) is 0. The van der Waals surface area contributed by atoms with E-state index in [0.717, 1.165) is 67.4 Å². The third-order valence-corrected chi connectivity index (χ3v) is 13.0. The molecule has 4 saturated carbocycles. The Balaban J connectivity index is 1.07. The molecule has 9 aromatic rings. The van der Waals surface area contributed by atoms with E-state index in [1.54, 1.807) is 0 Å².